The van der Waals surface area contributed by atoms with E-state index >= 15 is 0 Å². The molecule has 1 aromatic rings. The standard InChI is InChI=1S/C15H25O4P/c1-4-6-8-13-10-11-15(19-20(16,17)18)12(3)14(13)9-7-5-2/h10-11H,4-9H2,1-3H3,(H2,16,17,18). The van der Waals surface area contributed by atoms with E-state index in [9.17, 15) is 4.57 Å². The average molecular weight is 300 g/mol. The van der Waals surface area contributed by atoms with Crippen molar-refractivity contribution in [3.05, 3.63) is 28.8 Å². The van der Waals surface area contributed by atoms with Gasteiger partial charge in [-0.3, -0.25) is 9.79 Å². The zero-order valence-corrected chi connectivity index (χ0v) is 13.4. The van der Waals surface area contributed by atoms with Crippen LogP contribution < -0.4 is 4.52 Å². The molecule has 1 aromatic carbocycles. The van der Waals surface area contributed by atoms with Crippen LogP contribution in [0.3, 0.4) is 0 Å². The number of unbranched alkanes of at least 4 members (excludes halogenated alkanes) is 2. The van der Waals surface area contributed by atoms with E-state index in [1.807, 2.05) is 13.0 Å². The Balaban J connectivity index is 3.09. The monoisotopic (exact) mass is 300 g/mol. The van der Waals surface area contributed by atoms with Gasteiger partial charge in [0.2, 0.25) is 0 Å². The van der Waals surface area contributed by atoms with Crippen molar-refractivity contribution in [2.45, 2.75) is 59.3 Å². The van der Waals surface area contributed by atoms with E-state index in [4.69, 9.17) is 14.3 Å². The van der Waals surface area contributed by atoms with Crippen LogP contribution >= 0.6 is 7.82 Å². The molecule has 0 saturated heterocycles. The van der Waals surface area contributed by atoms with Crippen molar-refractivity contribution in [2.75, 3.05) is 0 Å². The van der Waals surface area contributed by atoms with E-state index < -0.39 is 7.82 Å². The number of rotatable bonds is 8. The van der Waals surface area contributed by atoms with Gasteiger partial charge in [-0.2, -0.15) is 0 Å². The molecule has 0 atom stereocenters. The van der Waals surface area contributed by atoms with E-state index in [2.05, 4.69) is 13.8 Å². The summed E-state index contributed by atoms with van der Waals surface area (Å²) in [5.74, 6) is 0.296. The van der Waals surface area contributed by atoms with Crippen LogP contribution in [0.5, 0.6) is 5.75 Å². The van der Waals surface area contributed by atoms with Gasteiger partial charge in [0.1, 0.15) is 5.75 Å². The molecule has 0 unspecified atom stereocenters. The molecule has 0 aromatic heterocycles. The third-order valence-corrected chi connectivity index (χ3v) is 3.88. The Morgan fingerprint density at radius 2 is 1.70 bits per heavy atom. The van der Waals surface area contributed by atoms with Crippen LogP contribution in [0.25, 0.3) is 0 Å². The average Bonchev–Trinajstić information content (AvgIpc) is 2.36. The number of benzene rings is 1. The molecule has 2 N–H and O–H groups in total. The minimum atomic E-state index is -4.50. The van der Waals surface area contributed by atoms with Gasteiger partial charge in [-0.05, 0) is 55.4 Å². The second kappa shape index (κ2) is 7.82. The van der Waals surface area contributed by atoms with Gasteiger partial charge in [0.05, 0.1) is 0 Å². The van der Waals surface area contributed by atoms with Crippen LogP contribution in [0.4, 0.5) is 0 Å². The molecule has 0 aliphatic carbocycles. The van der Waals surface area contributed by atoms with Crippen LogP contribution in [0.2, 0.25) is 0 Å². The van der Waals surface area contributed by atoms with Gasteiger partial charge >= 0.3 is 7.82 Å². The fraction of sp³-hybridized carbons (Fsp3) is 0.600. The van der Waals surface area contributed by atoms with E-state index in [1.54, 1.807) is 6.07 Å². The number of phosphoric acid groups is 1. The lowest BCUT2D eigenvalue weighted by atomic mass is 9.93. The first-order valence-electron chi connectivity index (χ1n) is 7.25. The Labute approximate surface area is 121 Å². The van der Waals surface area contributed by atoms with E-state index in [0.717, 1.165) is 44.1 Å². The van der Waals surface area contributed by atoms with Gasteiger partial charge in [-0.15, -0.1) is 0 Å². The first kappa shape index (κ1) is 17.2. The lowest BCUT2D eigenvalue weighted by Gasteiger charge is -2.17. The molecule has 5 heteroatoms. The molecule has 0 aliphatic heterocycles. The van der Waals surface area contributed by atoms with Crippen LogP contribution in [0.1, 0.15) is 56.2 Å². The molecule has 0 saturated carbocycles. The maximum atomic E-state index is 11.0. The Kier molecular flexibility index (Phi) is 6.74. The minimum Gasteiger partial charge on any atom is -0.404 e. The quantitative estimate of drug-likeness (QED) is 0.708. The van der Waals surface area contributed by atoms with Gasteiger partial charge in [0.15, 0.2) is 0 Å². The van der Waals surface area contributed by atoms with Crippen molar-refractivity contribution in [3.8, 4) is 5.75 Å². The first-order valence-corrected chi connectivity index (χ1v) is 8.78. The van der Waals surface area contributed by atoms with Gasteiger partial charge in [0, 0.05) is 0 Å². The summed E-state index contributed by atoms with van der Waals surface area (Å²) < 4.78 is 15.8. The van der Waals surface area contributed by atoms with Crippen molar-refractivity contribution < 1.29 is 18.9 Å². The van der Waals surface area contributed by atoms with Gasteiger partial charge in [-0.25, -0.2) is 4.57 Å². The summed E-state index contributed by atoms with van der Waals surface area (Å²) in [5, 5.41) is 0. The molecule has 0 radical (unpaired) electrons. The molecule has 0 aliphatic rings. The van der Waals surface area contributed by atoms with Crippen molar-refractivity contribution in [1.29, 1.82) is 0 Å². The molecule has 20 heavy (non-hydrogen) atoms. The Morgan fingerprint density at radius 3 is 2.25 bits per heavy atom. The molecule has 0 fully saturated rings. The first-order chi connectivity index (χ1) is 9.39. The summed E-state index contributed by atoms with van der Waals surface area (Å²) in [6.07, 6.45) is 6.35. The van der Waals surface area contributed by atoms with Crippen LogP contribution in [-0.2, 0) is 17.4 Å². The molecular weight excluding hydrogens is 275 g/mol. The molecule has 4 nitrogen and oxygen atoms in total. The molecule has 0 spiro atoms. The van der Waals surface area contributed by atoms with E-state index in [1.165, 1.54) is 11.1 Å². The summed E-state index contributed by atoms with van der Waals surface area (Å²) in [7, 11) is -4.50. The normalized spacial score (nSPS) is 11.7. The van der Waals surface area contributed by atoms with Crippen LogP contribution in [0.15, 0.2) is 12.1 Å². The highest BCUT2D eigenvalue weighted by Crippen LogP contribution is 2.40. The van der Waals surface area contributed by atoms with Crippen LogP contribution in [-0.4, -0.2) is 9.79 Å². The van der Waals surface area contributed by atoms with Gasteiger partial charge < -0.3 is 4.52 Å². The third-order valence-electron chi connectivity index (χ3n) is 3.44. The zero-order valence-electron chi connectivity index (χ0n) is 12.6. The molecule has 0 bridgehead atoms. The lowest BCUT2D eigenvalue weighted by Crippen LogP contribution is -2.02. The van der Waals surface area contributed by atoms with Gasteiger partial charge in [-0.1, -0.05) is 32.8 Å². The molecular formula is C15H25O4P. The largest absolute Gasteiger partial charge is 0.524 e. The molecule has 114 valence electrons. The fourth-order valence-electron chi connectivity index (χ4n) is 2.32. The van der Waals surface area contributed by atoms with E-state index in [0.29, 0.717) is 5.75 Å². The maximum absolute atomic E-state index is 11.0. The number of hydrogen-bond acceptors (Lipinski definition) is 2. The Bertz CT molecular complexity index is 479. The van der Waals surface area contributed by atoms with Crippen molar-refractivity contribution in [2.24, 2.45) is 0 Å². The summed E-state index contributed by atoms with van der Waals surface area (Å²) in [4.78, 5) is 17.9. The minimum absolute atomic E-state index is 0.296. The highest BCUT2D eigenvalue weighted by molar-refractivity contribution is 7.46. The summed E-state index contributed by atoms with van der Waals surface area (Å²) >= 11 is 0. The zero-order chi connectivity index (χ0) is 15.2. The summed E-state index contributed by atoms with van der Waals surface area (Å²) in [6.45, 7) is 6.17. The highest BCUT2D eigenvalue weighted by atomic mass is 31.2. The maximum Gasteiger partial charge on any atom is 0.524 e. The summed E-state index contributed by atoms with van der Waals surface area (Å²) in [5.41, 5.74) is 3.32. The fourth-order valence-corrected chi connectivity index (χ4v) is 2.78. The van der Waals surface area contributed by atoms with Crippen LogP contribution in [0, 0.1) is 6.92 Å². The molecule has 0 amide bonds. The Hall–Kier alpha value is -0.830. The number of hydrogen-bond donors (Lipinski definition) is 2. The van der Waals surface area contributed by atoms with Crippen molar-refractivity contribution in [1.82, 2.24) is 0 Å². The lowest BCUT2D eigenvalue weighted by molar-refractivity contribution is 0.282. The smallest absolute Gasteiger partial charge is 0.404 e. The number of phosphoric ester groups is 1. The number of aryl methyl sites for hydroxylation is 1. The SMILES string of the molecule is CCCCc1ccc(OP(=O)(O)O)c(C)c1CCCC. The second-order valence-electron chi connectivity index (χ2n) is 5.12. The second-order valence-corrected chi connectivity index (χ2v) is 6.28. The highest BCUT2D eigenvalue weighted by Gasteiger charge is 2.19. The predicted molar refractivity (Wildman–Crippen MR) is 81.1 cm³/mol. The van der Waals surface area contributed by atoms with E-state index in [-0.39, 0.29) is 0 Å². The van der Waals surface area contributed by atoms with Gasteiger partial charge in [0.25, 0.3) is 0 Å². The molecule has 0 heterocycles. The molecule has 1 rings (SSSR count). The Morgan fingerprint density at radius 1 is 1.10 bits per heavy atom. The topological polar surface area (TPSA) is 66.8 Å². The van der Waals surface area contributed by atoms with Crippen molar-refractivity contribution >= 4 is 7.82 Å². The third kappa shape index (κ3) is 5.28. The predicted octanol–water partition coefficient (Wildman–Crippen LogP) is 4.15. The van der Waals surface area contributed by atoms with Crippen molar-refractivity contribution in [3.63, 3.8) is 0 Å². The summed E-state index contributed by atoms with van der Waals surface area (Å²) in [6, 6.07) is 3.62.